The molecule has 1 fully saturated rings. The van der Waals surface area contributed by atoms with Crippen molar-refractivity contribution in [3.63, 3.8) is 0 Å². The zero-order valence-corrected chi connectivity index (χ0v) is 12.6. The number of β-amino-alcohol motifs (C(OH)–C–C–N with tert-alkyl or cyclic N) is 1. The number of piperazine rings is 1. The molecule has 1 aromatic carbocycles. The van der Waals surface area contributed by atoms with Crippen molar-refractivity contribution in [2.75, 3.05) is 32.7 Å². The molecule has 5 heteroatoms. The number of carbonyl (C=O) groups excluding carboxylic acids is 1. The summed E-state index contributed by atoms with van der Waals surface area (Å²) in [5, 5.41) is 10.2. The molecular weight excluding hydrogens is 271 g/mol. The summed E-state index contributed by atoms with van der Waals surface area (Å²) in [7, 11) is 0. The molecule has 116 valence electrons. The Kier molecular flexibility index (Phi) is 5.31. The molecule has 21 heavy (non-hydrogen) atoms. The minimum Gasteiger partial charge on any atom is -0.387 e. The fraction of sp³-hybridized carbons (Fsp3) is 0.562. The van der Waals surface area contributed by atoms with Gasteiger partial charge in [-0.15, -0.1) is 0 Å². The van der Waals surface area contributed by atoms with E-state index in [1.165, 1.54) is 12.1 Å². The zero-order chi connectivity index (χ0) is 15.4. The number of hydrogen-bond donors (Lipinski definition) is 1. The second-order valence-corrected chi connectivity index (χ2v) is 5.85. The monoisotopic (exact) mass is 294 g/mol. The lowest BCUT2D eigenvalue weighted by molar-refractivity contribution is -0.136. The molecular formula is C16H23FN2O2. The average Bonchev–Trinajstić information content (AvgIpc) is 2.47. The number of rotatable bonds is 4. The summed E-state index contributed by atoms with van der Waals surface area (Å²) in [6.07, 6.45) is -0.701. The van der Waals surface area contributed by atoms with Gasteiger partial charge < -0.3 is 10.0 Å². The lowest BCUT2D eigenvalue weighted by atomic mass is 10.1. The summed E-state index contributed by atoms with van der Waals surface area (Å²) in [5.41, 5.74) is 0.593. The van der Waals surface area contributed by atoms with Crippen molar-refractivity contribution in [1.29, 1.82) is 0 Å². The molecule has 0 aliphatic carbocycles. The van der Waals surface area contributed by atoms with Crippen molar-refractivity contribution >= 4 is 5.91 Å². The number of aliphatic hydroxyl groups excluding tert-OH is 1. The first kappa shape index (κ1) is 15.9. The molecule has 1 aliphatic heterocycles. The summed E-state index contributed by atoms with van der Waals surface area (Å²) in [6.45, 7) is 7.13. The van der Waals surface area contributed by atoms with Crippen LogP contribution in [0.2, 0.25) is 0 Å². The van der Waals surface area contributed by atoms with Crippen LogP contribution in [0.1, 0.15) is 25.5 Å². The third-order valence-corrected chi connectivity index (χ3v) is 3.84. The van der Waals surface area contributed by atoms with Gasteiger partial charge in [0.2, 0.25) is 5.91 Å². The van der Waals surface area contributed by atoms with Crippen LogP contribution in [-0.2, 0) is 4.79 Å². The number of aliphatic hydroxyl groups is 1. The highest BCUT2D eigenvalue weighted by atomic mass is 19.1. The maximum atomic E-state index is 13.2. The van der Waals surface area contributed by atoms with Crippen molar-refractivity contribution in [2.45, 2.75) is 20.0 Å². The Labute approximate surface area is 125 Å². The van der Waals surface area contributed by atoms with Gasteiger partial charge in [0.1, 0.15) is 5.82 Å². The third kappa shape index (κ3) is 4.25. The normalized spacial score (nSPS) is 18.0. The van der Waals surface area contributed by atoms with E-state index in [2.05, 4.69) is 4.90 Å². The number of hydrogen-bond acceptors (Lipinski definition) is 3. The summed E-state index contributed by atoms with van der Waals surface area (Å²) >= 11 is 0. The molecule has 4 nitrogen and oxygen atoms in total. The standard InChI is InChI=1S/C16H23FN2O2/c1-12(2)16(21)19-8-6-18(7-9-19)11-15(20)13-4-3-5-14(17)10-13/h3-5,10,12,15,20H,6-9,11H2,1-2H3/t15-/m0/s1. The Balaban J connectivity index is 1.85. The fourth-order valence-electron chi connectivity index (χ4n) is 2.58. The van der Waals surface area contributed by atoms with E-state index in [-0.39, 0.29) is 17.6 Å². The highest BCUT2D eigenvalue weighted by Crippen LogP contribution is 2.17. The van der Waals surface area contributed by atoms with Crippen molar-refractivity contribution in [2.24, 2.45) is 5.92 Å². The molecule has 0 aromatic heterocycles. The first-order chi connectivity index (χ1) is 9.97. The maximum absolute atomic E-state index is 13.2. The van der Waals surface area contributed by atoms with Gasteiger partial charge in [-0.3, -0.25) is 9.69 Å². The highest BCUT2D eigenvalue weighted by molar-refractivity contribution is 5.78. The number of halogens is 1. The summed E-state index contributed by atoms with van der Waals surface area (Å²) in [6, 6.07) is 6.06. The molecule has 1 amide bonds. The minimum absolute atomic E-state index is 0.0226. The molecule has 1 saturated heterocycles. The number of benzene rings is 1. The van der Waals surface area contributed by atoms with Crippen molar-refractivity contribution in [1.82, 2.24) is 9.80 Å². The molecule has 0 saturated carbocycles. The van der Waals surface area contributed by atoms with Crippen molar-refractivity contribution in [3.8, 4) is 0 Å². The van der Waals surface area contributed by atoms with Crippen LogP contribution in [0.5, 0.6) is 0 Å². The van der Waals surface area contributed by atoms with Gasteiger partial charge in [-0.2, -0.15) is 0 Å². The topological polar surface area (TPSA) is 43.8 Å². The molecule has 1 atom stereocenters. The van der Waals surface area contributed by atoms with E-state index in [1.807, 2.05) is 18.7 Å². The minimum atomic E-state index is -0.701. The van der Waals surface area contributed by atoms with E-state index in [1.54, 1.807) is 12.1 Å². The Morgan fingerprint density at radius 2 is 1.95 bits per heavy atom. The first-order valence-corrected chi connectivity index (χ1v) is 7.42. The molecule has 1 aliphatic rings. The van der Waals surface area contributed by atoms with Crippen LogP contribution in [0, 0.1) is 11.7 Å². The molecule has 1 aromatic rings. The second kappa shape index (κ2) is 7.00. The van der Waals surface area contributed by atoms with Crippen molar-refractivity contribution < 1.29 is 14.3 Å². The third-order valence-electron chi connectivity index (χ3n) is 3.84. The molecule has 2 rings (SSSR count). The second-order valence-electron chi connectivity index (χ2n) is 5.85. The fourth-order valence-corrected chi connectivity index (χ4v) is 2.58. The Morgan fingerprint density at radius 3 is 2.52 bits per heavy atom. The van der Waals surface area contributed by atoms with Crippen molar-refractivity contribution in [3.05, 3.63) is 35.6 Å². The Bertz CT molecular complexity index is 485. The highest BCUT2D eigenvalue weighted by Gasteiger charge is 2.24. The van der Waals surface area contributed by atoms with Crippen LogP contribution >= 0.6 is 0 Å². The lowest BCUT2D eigenvalue weighted by Crippen LogP contribution is -2.50. The van der Waals surface area contributed by atoms with Crippen LogP contribution in [0.3, 0.4) is 0 Å². The van der Waals surface area contributed by atoms with Crippen LogP contribution in [-0.4, -0.2) is 53.5 Å². The van der Waals surface area contributed by atoms with E-state index in [9.17, 15) is 14.3 Å². The van der Waals surface area contributed by atoms with Gasteiger partial charge in [-0.25, -0.2) is 4.39 Å². The Morgan fingerprint density at radius 1 is 1.29 bits per heavy atom. The molecule has 1 N–H and O–H groups in total. The van der Waals surface area contributed by atoms with E-state index < -0.39 is 6.10 Å². The molecule has 1 heterocycles. The predicted molar refractivity (Wildman–Crippen MR) is 79.2 cm³/mol. The molecule has 0 unspecified atom stereocenters. The van der Waals surface area contributed by atoms with E-state index >= 15 is 0 Å². The summed E-state index contributed by atoms with van der Waals surface area (Å²) in [5.74, 6) is -0.131. The number of amides is 1. The molecule has 0 radical (unpaired) electrons. The van der Waals surface area contributed by atoms with Gasteiger partial charge >= 0.3 is 0 Å². The summed E-state index contributed by atoms with van der Waals surface area (Å²) < 4.78 is 13.2. The van der Waals surface area contributed by atoms with Gasteiger partial charge in [-0.1, -0.05) is 26.0 Å². The van der Waals surface area contributed by atoms with E-state index in [0.29, 0.717) is 25.2 Å². The molecule has 0 bridgehead atoms. The summed E-state index contributed by atoms with van der Waals surface area (Å²) in [4.78, 5) is 15.9. The number of nitrogens with zero attached hydrogens (tertiary/aromatic N) is 2. The maximum Gasteiger partial charge on any atom is 0.225 e. The average molecular weight is 294 g/mol. The van der Waals surface area contributed by atoms with Gasteiger partial charge in [-0.05, 0) is 17.7 Å². The van der Waals surface area contributed by atoms with Crippen LogP contribution in [0.25, 0.3) is 0 Å². The van der Waals surface area contributed by atoms with Gasteiger partial charge in [0.25, 0.3) is 0 Å². The lowest BCUT2D eigenvalue weighted by Gasteiger charge is -2.36. The zero-order valence-electron chi connectivity index (χ0n) is 12.6. The molecule has 0 spiro atoms. The van der Waals surface area contributed by atoms with Crippen LogP contribution in [0.15, 0.2) is 24.3 Å². The smallest absolute Gasteiger partial charge is 0.225 e. The predicted octanol–water partition coefficient (Wildman–Crippen LogP) is 1.66. The van der Waals surface area contributed by atoms with E-state index in [4.69, 9.17) is 0 Å². The van der Waals surface area contributed by atoms with Crippen LogP contribution in [0.4, 0.5) is 4.39 Å². The first-order valence-electron chi connectivity index (χ1n) is 7.42. The SMILES string of the molecule is CC(C)C(=O)N1CCN(C[C@H](O)c2cccc(F)c2)CC1. The number of carbonyl (C=O) groups is 1. The quantitative estimate of drug-likeness (QED) is 0.918. The van der Waals surface area contributed by atoms with E-state index in [0.717, 1.165) is 13.1 Å². The van der Waals surface area contributed by atoms with Gasteiger partial charge in [0.05, 0.1) is 6.10 Å². The largest absolute Gasteiger partial charge is 0.387 e. The Hall–Kier alpha value is -1.46. The van der Waals surface area contributed by atoms with Gasteiger partial charge in [0, 0.05) is 38.6 Å². The van der Waals surface area contributed by atoms with Gasteiger partial charge in [0.15, 0.2) is 0 Å². The van der Waals surface area contributed by atoms with Crippen LogP contribution < -0.4 is 0 Å².